The van der Waals surface area contributed by atoms with E-state index in [2.05, 4.69) is 12.2 Å². The zero-order valence-corrected chi connectivity index (χ0v) is 14.2. The summed E-state index contributed by atoms with van der Waals surface area (Å²) in [5, 5.41) is 11.8. The molecular weight excluding hydrogens is 294 g/mol. The summed E-state index contributed by atoms with van der Waals surface area (Å²) < 4.78 is 5.51. The summed E-state index contributed by atoms with van der Waals surface area (Å²) in [6, 6.07) is 6.82. The predicted octanol–water partition coefficient (Wildman–Crippen LogP) is 3.02. The molecule has 0 bridgehead atoms. The molecule has 1 amide bonds. The molecule has 1 rings (SSSR count). The minimum absolute atomic E-state index is 0.0913. The van der Waals surface area contributed by atoms with Gasteiger partial charge in [0.15, 0.2) is 0 Å². The van der Waals surface area contributed by atoms with E-state index >= 15 is 0 Å². The van der Waals surface area contributed by atoms with Crippen molar-refractivity contribution in [2.24, 2.45) is 5.92 Å². The molecule has 0 radical (unpaired) electrons. The van der Waals surface area contributed by atoms with Crippen molar-refractivity contribution in [1.29, 1.82) is 0 Å². The zero-order chi connectivity index (χ0) is 17.2. The zero-order valence-electron chi connectivity index (χ0n) is 14.2. The third kappa shape index (κ3) is 6.72. The number of carboxylic acids is 1. The lowest BCUT2D eigenvalue weighted by Gasteiger charge is -2.20. The molecule has 1 aromatic rings. The molecule has 0 heterocycles. The maximum Gasteiger partial charge on any atom is 0.326 e. The van der Waals surface area contributed by atoms with Crippen molar-refractivity contribution in [1.82, 2.24) is 5.32 Å². The first-order chi connectivity index (χ1) is 11.0. The molecule has 0 aliphatic rings. The van der Waals surface area contributed by atoms with E-state index in [4.69, 9.17) is 4.74 Å². The number of carbonyl (C=O) groups is 2. The van der Waals surface area contributed by atoms with Gasteiger partial charge in [-0.1, -0.05) is 39.3 Å². The first-order valence-electron chi connectivity index (χ1n) is 8.21. The number of aliphatic carboxylic acids is 1. The molecule has 2 atom stereocenters. The lowest BCUT2D eigenvalue weighted by molar-refractivity contribution is -0.143. The molecule has 0 aliphatic heterocycles. The van der Waals surface area contributed by atoms with E-state index in [0.29, 0.717) is 19.4 Å². The van der Waals surface area contributed by atoms with E-state index in [-0.39, 0.29) is 18.2 Å². The lowest BCUT2D eigenvalue weighted by atomic mass is 9.99. The third-order valence-corrected chi connectivity index (χ3v) is 3.83. The van der Waals surface area contributed by atoms with Gasteiger partial charge in [0, 0.05) is 6.42 Å². The molecule has 0 saturated carbocycles. The summed E-state index contributed by atoms with van der Waals surface area (Å²) in [7, 11) is 0. The number of nitrogens with one attached hydrogen (secondary N) is 1. The van der Waals surface area contributed by atoms with Gasteiger partial charge < -0.3 is 15.2 Å². The maximum absolute atomic E-state index is 12.0. The highest BCUT2D eigenvalue weighted by atomic mass is 16.5. The fourth-order valence-corrected chi connectivity index (χ4v) is 2.16. The summed E-state index contributed by atoms with van der Waals surface area (Å²) in [5.74, 6) is -0.483. The first-order valence-corrected chi connectivity index (χ1v) is 8.21. The SMILES string of the molecule is CCCOc1ccc(CCC(=O)NC(C(=O)O)C(C)CC)cc1. The number of benzene rings is 1. The average Bonchev–Trinajstić information content (AvgIpc) is 2.55. The Balaban J connectivity index is 2.47. The van der Waals surface area contributed by atoms with Crippen molar-refractivity contribution in [3.05, 3.63) is 29.8 Å². The Morgan fingerprint density at radius 3 is 2.39 bits per heavy atom. The van der Waals surface area contributed by atoms with Crippen molar-refractivity contribution in [2.45, 2.75) is 52.5 Å². The van der Waals surface area contributed by atoms with Gasteiger partial charge in [-0.2, -0.15) is 0 Å². The molecule has 2 N–H and O–H groups in total. The second-order valence-electron chi connectivity index (χ2n) is 5.76. The van der Waals surface area contributed by atoms with Crippen LogP contribution in [-0.2, 0) is 16.0 Å². The molecule has 0 aromatic heterocycles. The highest BCUT2D eigenvalue weighted by molar-refractivity contribution is 5.83. The fraction of sp³-hybridized carbons (Fsp3) is 0.556. The second kappa shape index (κ2) is 9.87. The van der Waals surface area contributed by atoms with Crippen molar-refractivity contribution in [2.75, 3.05) is 6.61 Å². The van der Waals surface area contributed by atoms with Gasteiger partial charge in [-0.3, -0.25) is 4.79 Å². The van der Waals surface area contributed by atoms with Crippen LogP contribution in [0.4, 0.5) is 0 Å². The Morgan fingerprint density at radius 1 is 1.22 bits per heavy atom. The van der Waals surface area contributed by atoms with Crippen molar-refractivity contribution in [3.63, 3.8) is 0 Å². The van der Waals surface area contributed by atoms with Gasteiger partial charge in [-0.05, 0) is 36.5 Å². The van der Waals surface area contributed by atoms with Gasteiger partial charge in [0.1, 0.15) is 11.8 Å². The molecule has 1 aromatic carbocycles. The Morgan fingerprint density at radius 2 is 1.87 bits per heavy atom. The average molecular weight is 321 g/mol. The van der Waals surface area contributed by atoms with Crippen LogP contribution in [0.25, 0.3) is 0 Å². The molecule has 0 aliphatic carbocycles. The van der Waals surface area contributed by atoms with Gasteiger partial charge in [0.25, 0.3) is 0 Å². The summed E-state index contributed by atoms with van der Waals surface area (Å²) in [5.41, 5.74) is 1.03. The van der Waals surface area contributed by atoms with E-state index in [0.717, 1.165) is 17.7 Å². The van der Waals surface area contributed by atoms with Crippen LogP contribution in [0.5, 0.6) is 5.75 Å². The minimum Gasteiger partial charge on any atom is -0.494 e. The molecule has 2 unspecified atom stereocenters. The summed E-state index contributed by atoms with van der Waals surface area (Å²) in [6.45, 7) is 6.48. The van der Waals surface area contributed by atoms with Crippen molar-refractivity contribution >= 4 is 11.9 Å². The highest BCUT2D eigenvalue weighted by Crippen LogP contribution is 2.14. The number of carboxylic acid groups (broad SMARTS) is 1. The Hall–Kier alpha value is -2.04. The largest absolute Gasteiger partial charge is 0.494 e. The number of carbonyl (C=O) groups excluding carboxylic acids is 1. The highest BCUT2D eigenvalue weighted by Gasteiger charge is 2.24. The number of rotatable bonds is 10. The van der Waals surface area contributed by atoms with Crippen LogP contribution in [0, 0.1) is 5.92 Å². The van der Waals surface area contributed by atoms with Gasteiger partial charge in [0.2, 0.25) is 5.91 Å². The first kappa shape index (κ1) is 19.0. The topological polar surface area (TPSA) is 75.6 Å². The number of aryl methyl sites for hydroxylation is 1. The van der Waals surface area contributed by atoms with Crippen LogP contribution in [0.2, 0.25) is 0 Å². The normalized spacial score (nSPS) is 13.2. The van der Waals surface area contributed by atoms with Crippen LogP contribution in [-0.4, -0.2) is 29.6 Å². The smallest absolute Gasteiger partial charge is 0.326 e. The summed E-state index contributed by atoms with van der Waals surface area (Å²) in [6.07, 6.45) is 2.52. The van der Waals surface area contributed by atoms with Gasteiger partial charge in [-0.25, -0.2) is 4.79 Å². The van der Waals surface area contributed by atoms with Gasteiger partial charge in [0.05, 0.1) is 6.61 Å². The second-order valence-corrected chi connectivity index (χ2v) is 5.76. The quantitative estimate of drug-likeness (QED) is 0.694. The van der Waals surface area contributed by atoms with Crippen LogP contribution in [0.3, 0.4) is 0 Å². The number of amides is 1. The molecule has 0 saturated heterocycles. The monoisotopic (exact) mass is 321 g/mol. The fourth-order valence-electron chi connectivity index (χ4n) is 2.16. The Kier molecular flexibility index (Phi) is 8.16. The standard InChI is InChI=1S/C18H27NO4/c1-4-12-23-15-9-6-14(7-10-15)8-11-16(20)19-17(18(21)22)13(3)5-2/h6-7,9-10,13,17H,4-5,8,11-12H2,1-3H3,(H,19,20)(H,21,22). The molecule has 0 fully saturated rings. The maximum atomic E-state index is 12.0. The molecule has 0 spiro atoms. The van der Waals surface area contributed by atoms with Crippen LogP contribution in [0.15, 0.2) is 24.3 Å². The van der Waals surface area contributed by atoms with E-state index in [1.165, 1.54) is 0 Å². The Labute approximate surface area is 138 Å². The number of hydrogen-bond donors (Lipinski definition) is 2. The van der Waals surface area contributed by atoms with Crippen LogP contribution >= 0.6 is 0 Å². The third-order valence-electron chi connectivity index (χ3n) is 3.83. The predicted molar refractivity (Wildman–Crippen MR) is 89.6 cm³/mol. The van der Waals surface area contributed by atoms with Crippen molar-refractivity contribution in [3.8, 4) is 5.75 Å². The molecule has 23 heavy (non-hydrogen) atoms. The molecule has 5 heteroatoms. The number of hydrogen-bond acceptors (Lipinski definition) is 3. The Bertz CT molecular complexity index is 498. The number of ether oxygens (including phenoxy) is 1. The van der Waals surface area contributed by atoms with Crippen LogP contribution < -0.4 is 10.1 Å². The van der Waals surface area contributed by atoms with Crippen molar-refractivity contribution < 1.29 is 19.4 Å². The molecule has 5 nitrogen and oxygen atoms in total. The van der Waals surface area contributed by atoms with E-state index in [9.17, 15) is 14.7 Å². The molecular formula is C18H27NO4. The van der Waals surface area contributed by atoms with E-state index < -0.39 is 12.0 Å². The van der Waals surface area contributed by atoms with E-state index in [1.54, 1.807) is 0 Å². The van der Waals surface area contributed by atoms with Gasteiger partial charge >= 0.3 is 5.97 Å². The summed E-state index contributed by atoms with van der Waals surface area (Å²) >= 11 is 0. The van der Waals surface area contributed by atoms with Crippen LogP contribution in [0.1, 0.15) is 45.6 Å². The molecule has 128 valence electrons. The lowest BCUT2D eigenvalue weighted by Crippen LogP contribution is -2.45. The summed E-state index contributed by atoms with van der Waals surface area (Å²) in [4.78, 5) is 23.2. The van der Waals surface area contributed by atoms with Gasteiger partial charge in [-0.15, -0.1) is 0 Å². The van der Waals surface area contributed by atoms with E-state index in [1.807, 2.05) is 38.1 Å². The minimum atomic E-state index is -0.981.